The summed E-state index contributed by atoms with van der Waals surface area (Å²) in [4.78, 5) is 0. The zero-order chi connectivity index (χ0) is 9.47. The Labute approximate surface area is 84.4 Å². The first kappa shape index (κ1) is 9.47. The van der Waals surface area contributed by atoms with Gasteiger partial charge in [0.25, 0.3) is 0 Å². The van der Waals surface area contributed by atoms with E-state index in [4.69, 9.17) is 0 Å². The molecule has 1 radical (unpaired) electrons. The summed E-state index contributed by atoms with van der Waals surface area (Å²) in [6, 6.07) is 3.09. The molecule has 0 bridgehead atoms. The molecule has 0 aromatic heterocycles. The zero-order valence-corrected chi connectivity index (χ0v) is 11.1. The highest BCUT2D eigenvalue weighted by Gasteiger charge is 2.43. The van der Waals surface area contributed by atoms with Gasteiger partial charge in [-0.1, -0.05) is 61.6 Å². The number of allylic oxidation sites excluding steroid dienone is 4. The highest BCUT2D eigenvalue weighted by Crippen LogP contribution is 2.45. The Morgan fingerprint density at radius 1 is 1.31 bits per heavy atom. The van der Waals surface area contributed by atoms with Crippen LogP contribution in [0.25, 0.3) is 0 Å². The Kier molecular flexibility index (Phi) is 2.36. The number of hydrogen-bond acceptors (Lipinski definition) is 0. The van der Waals surface area contributed by atoms with E-state index in [0.29, 0.717) is 0 Å². The molecule has 0 N–H and O–H groups in total. The molecule has 1 aliphatic carbocycles. The SMILES string of the molecule is C[SiH](C)C1=CC=C[C]1[Si]1(C)CCC1. The predicted octanol–water partition coefficient (Wildman–Crippen LogP) is 3.10. The molecular weight excluding hydrogens is 188 g/mol. The molecule has 2 heteroatoms. The second-order valence-corrected chi connectivity index (χ2v) is 12.6. The van der Waals surface area contributed by atoms with Crippen LogP contribution in [0.1, 0.15) is 6.42 Å². The molecule has 71 valence electrons. The van der Waals surface area contributed by atoms with E-state index in [2.05, 4.69) is 37.9 Å². The minimum absolute atomic E-state index is 0.564. The summed E-state index contributed by atoms with van der Waals surface area (Å²) in [7, 11) is -1.46. The van der Waals surface area contributed by atoms with E-state index in [-0.39, 0.29) is 0 Å². The fraction of sp³-hybridized carbons (Fsp3) is 0.545. The third-order valence-corrected chi connectivity index (χ3v) is 10.3. The smallest absolute Gasteiger partial charge is 0.0667 e. The maximum Gasteiger partial charge on any atom is 0.0667 e. The van der Waals surface area contributed by atoms with Gasteiger partial charge in [-0.2, -0.15) is 0 Å². The Hall–Kier alpha value is -0.0862. The van der Waals surface area contributed by atoms with Crippen molar-refractivity contribution in [2.75, 3.05) is 0 Å². The van der Waals surface area contributed by atoms with E-state index in [0.717, 1.165) is 0 Å². The summed E-state index contributed by atoms with van der Waals surface area (Å²) in [6.45, 7) is 7.48. The van der Waals surface area contributed by atoms with Gasteiger partial charge in [0, 0.05) is 5.54 Å². The van der Waals surface area contributed by atoms with Crippen molar-refractivity contribution in [3.05, 3.63) is 29.0 Å². The maximum atomic E-state index is 2.58. The highest BCUT2D eigenvalue weighted by molar-refractivity contribution is 6.90. The summed E-state index contributed by atoms with van der Waals surface area (Å²) in [6.07, 6.45) is 8.59. The van der Waals surface area contributed by atoms with Crippen molar-refractivity contribution >= 4 is 16.9 Å². The normalized spacial score (nSPS) is 26.3. The van der Waals surface area contributed by atoms with Gasteiger partial charge in [-0.25, -0.2) is 0 Å². The van der Waals surface area contributed by atoms with Crippen LogP contribution in [0.3, 0.4) is 0 Å². The molecule has 1 aliphatic heterocycles. The van der Waals surface area contributed by atoms with Crippen molar-refractivity contribution in [3.63, 3.8) is 0 Å². The second-order valence-electron chi connectivity index (χ2n) is 4.96. The van der Waals surface area contributed by atoms with Crippen LogP contribution in [0.2, 0.25) is 31.7 Å². The summed E-state index contributed by atoms with van der Waals surface area (Å²) < 4.78 is 0. The van der Waals surface area contributed by atoms with Gasteiger partial charge in [0.15, 0.2) is 0 Å². The summed E-state index contributed by atoms with van der Waals surface area (Å²) in [5.41, 5.74) is 1.82. The quantitative estimate of drug-likeness (QED) is 0.610. The zero-order valence-electron chi connectivity index (χ0n) is 8.93. The van der Waals surface area contributed by atoms with Crippen LogP contribution >= 0.6 is 0 Å². The van der Waals surface area contributed by atoms with Crippen LogP contribution in [0.15, 0.2) is 23.4 Å². The fourth-order valence-electron chi connectivity index (χ4n) is 2.46. The number of rotatable bonds is 2. The van der Waals surface area contributed by atoms with E-state index in [1.807, 2.05) is 5.54 Å². The summed E-state index contributed by atoms with van der Waals surface area (Å²) in [5.74, 6) is 0. The van der Waals surface area contributed by atoms with E-state index < -0.39 is 16.9 Å². The first-order valence-electron chi connectivity index (χ1n) is 5.39. The Bertz CT molecular complexity index is 259. The van der Waals surface area contributed by atoms with E-state index in [1.54, 1.807) is 17.3 Å². The highest BCUT2D eigenvalue weighted by atomic mass is 28.3. The number of hydrogen-bond donors (Lipinski definition) is 0. The largest absolute Gasteiger partial charge is 0.0767 e. The molecular formula is C11H19Si2. The van der Waals surface area contributed by atoms with Gasteiger partial charge in [-0.3, -0.25) is 0 Å². The maximum absolute atomic E-state index is 2.58. The Morgan fingerprint density at radius 2 is 2.00 bits per heavy atom. The van der Waals surface area contributed by atoms with E-state index >= 15 is 0 Å². The van der Waals surface area contributed by atoms with Gasteiger partial charge in [-0.05, 0) is 0 Å². The van der Waals surface area contributed by atoms with Crippen LogP contribution in [-0.2, 0) is 0 Å². The molecule has 0 spiro atoms. The van der Waals surface area contributed by atoms with E-state index in [1.165, 1.54) is 6.42 Å². The summed E-state index contributed by atoms with van der Waals surface area (Å²) in [5, 5.41) is 1.77. The molecule has 13 heavy (non-hydrogen) atoms. The van der Waals surface area contributed by atoms with Crippen LogP contribution in [0.4, 0.5) is 0 Å². The van der Waals surface area contributed by atoms with Crippen LogP contribution < -0.4 is 0 Å². The topological polar surface area (TPSA) is 0 Å². The van der Waals surface area contributed by atoms with Crippen molar-refractivity contribution in [2.24, 2.45) is 0 Å². The first-order valence-corrected chi connectivity index (χ1v) is 11.2. The average molecular weight is 207 g/mol. The molecule has 0 nitrogen and oxygen atoms in total. The third kappa shape index (κ3) is 1.50. The second kappa shape index (κ2) is 3.24. The molecule has 0 atom stereocenters. The molecule has 1 saturated heterocycles. The molecule has 0 aromatic rings. The lowest BCUT2D eigenvalue weighted by Gasteiger charge is -2.42. The van der Waals surface area contributed by atoms with Gasteiger partial charge in [-0.15, -0.1) is 0 Å². The van der Waals surface area contributed by atoms with Crippen LogP contribution in [-0.4, -0.2) is 16.9 Å². The fourth-order valence-corrected chi connectivity index (χ4v) is 8.82. The average Bonchev–Trinajstić information content (AvgIpc) is 2.47. The van der Waals surface area contributed by atoms with Crippen molar-refractivity contribution in [2.45, 2.75) is 38.2 Å². The lowest BCUT2D eigenvalue weighted by atomic mass is 10.4. The molecule has 0 amide bonds. The van der Waals surface area contributed by atoms with Crippen molar-refractivity contribution in [3.8, 4) is 0 Å². The minimum Gasteiger partial charge on any atom is -0.0767 e. The van der Waals surface area contributed by atoms with Crippen molar-refractivity contribution in [1.29, 1.82) is 0 Å². The van der Waals surface area contributed by atoms with Gasteiger partial charge in [0.05, 0.1) is 16.9 Å². The lowest BCUT2D eigenvalue weighted by molar-refractivity contribution is 0.898. The van der Waals surface area contributed by atoms with Gasteiger partial charge in [0.2, 0.25) is 0 Å². The predicted molar refractivity (Wildman–Crippen MR) is 65.2 cm³/mol. The third-order valence-electron chi connectivity index (χ3n) is 3.58. The Morgan fingerprint density at radius 3 is 2.46 bits per heavy atom. The van der Waals surface area contributed by atoms with Crippen molar-refractivity contribution in [1.82, 2.24) is 0 Å². The standard InChI is InChI=1S/C11H19Si2/c1-12(2)10-6-4-7-11(10)13(3)8-5-9-13/h4,6-7,12H,5,8-9H2,1-3H3. The van der Waals surface area contributed by atoms with Gasteiger partial charge >= 0.3 is 0 Å². The molecule has 1 fully saturated rings. The first-order chi connectivity index (χ1) is 6.13. The van der Waals surface area contributed by atoms with E-state index in [9.17, 15) is 0 Å². The molecule has 2 rings (SSSR count). The lowest BCUT2D eigenvalue weighted by Crippen LogP contribution is -2.45. The van der Waals surface area contributed by atoms with Crippen molar-refractivity contribution < 1.29 is 0 Å². The Balaban J connectivity index is 2.15. The molecule has 0 unspecified atom stereocenters. The molecule has 1 heterocycles. The molecule has 0 aromatic carbocycles. The van der Waals surface area contributed by atoms with Gasteiger partial charge in [0.1, 0.15) is 0 Å². The summed E-state index contributed by atoms with van der Waals surface area (Å²) >= 11 is 0. The minimum atomic E-state index is -0.893. The van der Waals surface area contributed by atoms with Crippen LogP contribution in [0.5, 0.6) is 0 Å². The molecule has 0 saturated carbocycles. The monoisotopic (exact) mass is 207 g/mol. The van der Waals surface area contributed by atoms with Gasteiger partial charge < -0.3 is 0 Å². The van der Waals surface area contributed by atoms with Crippen LogP contribution in [0, 0.1) is 5.54 Å². The molecule has 2 aliphatic rings.